The van der Waals surface area contributed by atoms with Gasteiger partial charge in [0.25, 0.3) is 0 Å². The largest absolute Gasteiger partial charge is 0.469 e. The first-order valence-electron chi connectivity index (χ1n) is 8.08. The number of hydrogen-bond acceptors (Lipinski definition) is 4. The lowest BCUT2D eigenvalue weighted by atomic mass is 9.83. The highest BCUT2D eigenvalue weighted by atomic mass is 16.5. The van der Waals surface area contributed by atoms with Crippen LogP contribution in [0.15, 0.2) is 54.6 Å². The Labute approximate surface area is 143 Å². The van der Waals surface area contributed by atoms with Gasteiger partial charge in [-0.2, -0.15) is 0 Å². The van der Waals surface area contributed by atoms with Gasteiger partial charge in [0.05, 0.1) is 19.1 Å². The fourth-order valence-corrected chi connectivity index (χ4v) is 2.88. The van der Waals surface area contributed by atoms with Crippen LogP contribution in [0.2, 0.25) is 0 Å². The van der Waals surface area contributed by atoms with Crippen LogP contribution < -0.4 is 5.73 Å². The topological polar surface area (TPSA) is 72.5 Å². The van der Waals surface area contributed by atoms with Crippen molar-refractivity contribution < 1.29 is 14.6 Å². The molecule has 24 heavy (non-hydrogen) atoms. The van der Waals surface area contributed by atoms with Gasteiger partial charge in [-0.05, 0) is 36.5 Å². The molecule has 3 N–H and O–H groups in total. The molecule has 4 nitrogen and oxygen atoms in total. The summed E-state index contributed by atoms with van der Waals surface area (Å²) in [6.07, 6.45) is 1.01. The average Bonchev–Trinajstić information content (AvgIpc) is 2.62. The normalized spacial score (nSPS) is 14.7. The molecule has 0 aliphatic carbocycles. The average molecular weight is 327 g/mol. The Bertz CT molecular complexity index is 654. The summed E-state index contributed by atoms with van der Waals surface area (Å²) >= 11 is 0. The summed E-state index contributed by atoms with van der Waals surface area (Å²) in [5.41, 5.74) is 8.66. The van der Waals surface area contributed by atoms with Crippen molar-refractivity contribution >= 4 is 5.97 Å². The molecule has 0 aliphatic rings. The molecule has 0 amide bonds. The SMILES string of the molecule is COC(=O)[C@](C)(CO)C[C@H](N)Cc1ccc(-c2ccccc2)cc1. The van der Waals surface area contributed by atoms with E-state index in [1.807, 2.05) is 18.2 Å². The zero-order valence-electron chi connectivity index (χ0n) is 14.2. The van der Waals surface area contributed by atoms with Crippen LogP contribution in [-0.2, 0) is 16.0 Å². The highest BCUT2D eigenvalue weighted by Gasteiger charge is 2.35. The molecule has 2 rings (SSSR count). The van der Waals surface area contributed by atoms with Crippen molar-refractivity contribution in [3.8, 4) is 11.1 Å². The number of rotatable bonds is 7. The van der Waals surface area contributed by atoms with Crippen molar-refractivity contribution in [2.24, 2.45) is 11.1 Å². The Kier molecular flexibility index (Phi) is 6.12. The minimum atomic E-state index is -0.960. The second kappa shape index (κ2) is 8.08. The minimum Gasteiger partial charge on any atom is -0.469 e. The Hall–Kier alpha value is -2.17. The number of aliphatic hydroxyl groups is 1. The number of aliphatic hydroxyl groups excluding tert-OH is 1. The molecule has 2 atom stereocenters. The van der Waals surface area contributed by atoms with Gasteiger partial charge in [0, 0.05) is 6.04 Å². The Morgan fingerprint density at radius 3 is 2.25 bits per heavy atom. The van der Waals surface area contributed by atoms with Crippen molar-refractivity contribution in [3.05, 3.63) is 60.2 Å². The molecule has 0 unspecified atom stereocenters. The quantitative estimate of drug-likeness (QED) is 0.767. The first kappa shape index (κ1) is 18.2. The van der Waals surface area contributed by atoms with E-state index in [2.05, 4.69) is 36.4 Å². The predicted octanol–water partition coefficient (Wildman–Crippen LogP) is 2.79. The van der Waals surface area contributed by atoms with Crippen molar-refractivity contribution in [1.82, 2.24) is 0 Å². The van der Waals surface area contributed by atoms with Crippen molar-refractivity contribution in [1.29, 1.82) is 0 Å². The number of methoxy groups -OCH3 is 1. The number of ether oxygens (including phenoxy) is 1. The van der Waals surface area contributed by atoms with E-state index in [4.69, 9.17) is 10.5 Å². The molecule has 0 spiro atoms. The number of hydrogen-bond donors (Lipinski definition) is 2. The van der Waals surface area contributed by atoms with E-state index >= 15 is 0 Å². The van der Waals surface area contributed by atoms with E-state index in [0.29, 0.717) is 12.8 Å². The molecule has 128 valence electrons. The van der Waals surface area contributed by atoms with Crippen molar-refractivity contribution in [3.63, 3.8) is 0 Å². The minimum absolute atomic E-state index is 0.233. The lowest BCUT2D eigenvalue weighted by Gasteiger charge is -2.27. The summed E-state index contributed by atoms with van der Waals surface area (Å²) < 4.78 is 4.77. The van der Waals surface area contributed by atoms with E-state index in [1.54, 1.807) is 6.92 Å². The first-order chi connectivity index (χ1) is 11.5. The summed E-state index contributed by atoms with van der Waals surface area (Å²) in [7, 11) is 1.32. The third-order valence-electron chi connectivity index (χ3n) is 4.30. The van der Waals surface area contributed by atoms with Gasteiger partial charge in [-0.15, -0.1) is 0 Å². The van der Waals surface area contributed by atoms with Gasteiger partial charge in [0.1, 0.15) is 0 Å². The van der Waals surface area contributed by atoms with Gasteiger partial charge < -0.3 is 15.6 Å². The number of carbonyl (C=O) groups excluding carboxylic acids is 1. The molecule has 0 aromatic heterocycles. The molecule has 4 heteroatoms. The van der Waals surface area contributed by atoms with Crippen molar-refractivity contribution in [2.45, 2.75) is 25.8 Å². The highest BCUT2D eigenvalue weighted by molar-refractivity contribution is 5.76. The number of benzene rings is 2. The summed E-state index contributed by atoms with van der Waals surface area (Å²) in [6, 6.07) is 18.2. The third-order valence-corrected chi connectivity index (χ3v) is 4.30. The number of carbonyl (C=O) groups is 1. The maximum atomic E-state index is 11.8. The van der Waals surface area contributed by atoms with Gasteiger partial charge in [0.2, 0.25) is 0 Å². The number of nitrogens with two attached hydrogens (primary N) is 1. The van der Waals surface area contributed by atoms with Gasteiger partial charge in [0.15, 0.2) is 0 Å². The monoisotopic (exact) mass is 327 g/mol. The van der Waals surface area contributed by atoms with Crippen LogP contribution in [-0.4, -0.2) is 30.8 Å². The summed E-state index contributed by atoms with van der Waals surface area (Å²) in [5, 5.41) is 9.51. The van der Waals surface area contributed by atoms with Gasteiger partial charge in [-0.25, -0.2) is 0 Å². The highest BCUT2D eigenvalue weighted by Crippen LogP contribution is 2.26. The molecule has 0 heterocycles. The second-order valence-corrected chi connectivity index (χ2v) is 6.44. The third kappa shape index (κ3) is 4.43. The molecule has 0 bridgehead atoms. The van der Waals surface area contributed by atoms with E-state index < -0.39 is 11.4 Å². The Balaban J connectivity index is 2.02. The van der Waals surface area contributed by atoms with Crippen molar-refractivity contribution in [2.75, 3.05) is 13.7 Å². The number of esters is 1. The summed E-state index contributed by atoms with van der Waals surface area (Å²) in [6.45, 7) is 1.40. The molecular weight excluding hydrogens is 302 g/mol. The van der Waals surface area contributed by atoms with E-state index in [0.717, 1.165) is 11.1 Å². The molecule has 0 radical (unpaired) electrons. The van der Waals surface area contributed by atoms with Crippen LogP contribution in [0.5, 0.6) is 0 Å². The standard InChI is InChI=1S/C20H25NO3/c1-20(14-22,19(23)24-2)13-18(21)12-15-8-10-17(11-9-15)16-6-4-3-5-7-16/h3-11,18,22H,12-14,21H2,1-2H3/t18-,20+/m1/s1. The van der Waals surface area contributed by atoms with Crippen LogP contribution in [0.3, 0.4) is 0 Å². The van der Waals surface area contributed by atoms with Crippen LogP contribution in [0.4, 0.5) is 0 Å². The van der Waals surface area contributed by atoms with Crippen LogP contribution in [0, 0.1) is 5.41 Å². The lowest BCUT2D eigenvalue weighted by Crippen LogP contribution is -2.40. The second-order valence-electron chi connectivity index (χ2n) is 6.44. The van der Waals surface area contributed by atoms with E-state index in [9.17, 15) is 9.90 Å². The maximum absolute atomic E-state index is 11.8. The van der Waals surface area contributed by atoms with Crippen LogP contribution >= 0.6 is 0 Å². The summed E-state index contributed by atoms with van der Waals surface area (Å²) in [4.78, 5) is 11.8. The molecule has 2 aromatic rings. The molecule has 0 saturated heterocycles. The molecular formula is C20H25NO3. The predicted molar refractivity (Wildman–Crippen MR) is 95.4 cm³/mol. The van der Waals surface area contributed by atoms with E-state index in [-0.39, 0.29) is 12.6 Å². The van der Waals surface area contributed by atoms with E-state index in [1.165, 1.54) is 12.7 Å². The smallest absolute Gasteiger partial charge is 0.313 e. The van der Waals surface area contributed by atoms with Crippen LogP contribution in [0.25, 0.3) is 11.1 Å². The van der Waals surface area contributed by atoms with Gasteiger partial charge in [-0.3, -0.25) is 4.79 Å². The summed E-state index contributed by atoms with van der Waals surface area (Å²) in [5.74, 6) is -0.431. The van der Waals surface area contributed by atoms with Gasteiger partial charge >= 0.3 is 5.97 Å². The maximum Gasteiger partial charge on any atom is 0.313 e. The molecule has 0 saturated carbocycles. The Morgan fingerprint density at radius 1 is 1.12 bits per heavy atom. The molecule has 2 aromatic carbocycles. The first-order valence-corrected chi connectivity index (χ1v) is 8.08. The fraction of sp³-hybridized carbons (Fsp3) is 0.350. The fourth-order valence-electron chi connectivity index (χ4n) is 2.88. The van der Waals surface area contributed by atoms with Gasteiger partial charge in [-0.1, -0.05) is 54.6 Å². The molecule has 0 fully saturated rings. The Morgan fingerprint density at radius 2 is 1.71 bits per heavy atom. The van der Waals surface area contributed by atoms with Crippen LogP contribution in [0.1, 0.15) is 18.9 Å². The molecule has 0 aliphatic heterocycles. The zero-order chi connectivity index (χ0) is 17.6. The lowest BCUT2D eigenvalue weighted by molar-refractivity contribution is -0.154. The zero-order valence-corrected chi connectivity index (χ0v) is 14.2.